The summed E-state index contributed by atoms with van der Waals surface area (Å²) < 4.78 is 5.32. The minimum Gasteiger partial charge on any atom is -0.464 e. The molecule has 1 aliphatic heterocycles. The number of benzene rings is 1. The Bertz CT molecular complexity index is 629. The van der Waals surface area contributed by atoms with Crippen molar-refractivity contribution in [2.24, 2.45) is 5.92 Å². The van der Waals surface area contributed by atoms with E-state index in [9.17, 15) is 10.1 Å². The van der Waals surface area contributed by atoms with E-state index >= 15 is 0 Å². The number of furan rings is 1. The maximum atomic E-state index is 11.4. The first-order valence-electron chi connectivity index (χ1n) is 7.22. The molecule has 3 rings (SSSR count). The molecule has 1 aromatic heterocycles. The van der Waals surface area contributed by atoms with Crippen molar-refractivity contribution in [2.45, 2.75) is 19.8 Å². The van der Waals surface area contributed by atoms with Crippen molar-refractivity contribution < 1.29 is 9.34 Å². The predicted octanol–water partition coefficient (Wildman–Crippen LogP) is 4.09. The molecule has 5 nitrogen and oxygen atoms in total. The number of piperidine rings is 1. The highest BCUT2D eigenvalue weighted by Crippen LogP contribution is 2.35. The molecule has 0 bridgehead atoms. The molecule has 0 aliphatic carbocycles. The summed E-state index contributed by atoms with van der Waals surface area (Å²) in [5.41, 5.74) is 1.60. The van der Waals surface area contributed by atoms with Gasteiger partial charge in [-0.05, 0) is 43.0 Å². The number of anilines is 1. The average Bonchev–Trinajstić information content (AvgIpc) is 3.02. The van der Waals surface area contributed by atoms with Crippen LogP contribution in [0, 0.1) is 16.0 Å². The number of hydrogen-bond acceptors (Lipinski definition) is 4. The minimum absolute atomic E-state index is 0.151. The molecule has 0 atom stereocenters. The third-order valence-electron chi connectivity index (χ3n) is 4.10. The molecule has 1 aliphatic rings. The summed E-state index contributed by atoms with van der Waals surface area (Å²) in [6.45, 7) is 3.98. The Morgan fingerprint density at radius 1 is 1.29 bits per heavy atom. The number of nitro groups is 1. The molecule has 0 spiro atoms. The van der Waals surface area contributed by atoms with Crippen molar-refractivity contribution in [2.75, 3.05) is 18.0 Å². The van der Waals surface area contributed by atoms with Crippen molar-refractivity contribution in [3.63, 3.8) is 0 Å². The van der Waals surface area contributed by atoms with Gasteiger partial charge in [0.2, 0.25) is 0 Å². The zero-order valence-corrected chi connectivity index (χ0v) is 12.0. The van der Waals surface area contributed by atoms with E-state index in [0.717, 1.165) is 31.5 Å². The summed E-state index contributed by atoms with van der Waals surface area (Å²) in [5, 5.41) is 11.4. The van der Waals surface area contributed by atoms with E-state index < -0.39 is 0 Å². The molecule has 21 heavy (non-hydrogen) atoms. The van der Waals surface area contributed by atoms with Gasteiger partial charge >= 0.3 is 0 Å². The van der Waals surface area contributed by atoms with E-state index in [1.165, 1.54) is 0 Å². The van der Waals surface area contributed by atoms with Crippen molar-refractivity contribution >= 4 is 11.4 Å². The fourth-order valence-electron chi connectivity index (χ4n) is 2.78. The highest BCUT2D eigenvalue weighted by Gasteiger charge is 2.24. The third kappa shape index (κ3) is 2.77. The highest BCUT2D eigenvalue weighted by atomic mass is 16.6. The summed E-state index contributed by atoms with van der Waals surface area (Å²) in [6.07, 6.45) is 3.73. The maximum Gasteiger partial charge on any atom is 0.293 e. The lowest BCUT2D eigenvalue weighted by molar-refractivity contribution is -0.384. The first kappa shape index (κ1) is 13.7. The quantitative estimate of drug-likeness (QED) is 0.630. The Hall–Kier alpha value is -2.30. The highest BCUT2D eigenvalue weighted by molar-refractivity contribution is 5.72. The van der Waals surface area contributed by atoms with E-state index in [1.807, 2.05) is 12.1 Å². The molecule has 0 radical (unpaired) electrons. The molecule has 1 fully saturated rings. The van der Waals surface area contributed by atoms with Gasteiger partial charge in [0.05, 0.1) is 11.2 Å². The summed E-state index contributed by atoms with van der Waals surface area (Å²) in [7, 11) is 0. The SMILES string of the molecule is CC1CCN(c2ccc(-c3ccco3)cc2[N+](=O)[O-])CC1. The van der Waals surface area contributed by atoms with Gasteiger partial charge in [0.15, 0.2) is 0 Å². The zero-order chi connectivity index (χ0) is 14.8. The smallest absolute Gasteiger partial charge is 0.293 e. The van der Waals surface area contributed by atoms with Crippen molar-refractivity contribution in [3.05, 3.63) is 46.7 Å². The van der Waals surface area contributed by atoms with Gasteiger partial charge in [0.1, 0.15) is 11.4 Å². The van der Waals surface area contributed by atoms with E-state index in [1.54, 1.807) is 24.5 Å². The van der Waals surface area contributed by atoms with E-state index in [0.29, 0.717) is 17.4 Å². The molecule has 1 aromatic carbocycles. The minimum atomic E-state index is -0.306. The lowest BCUT2D eigenvalue weighted by Crippen LogP contribution is -2.33. The second kappa shape index (κ2) is 5.60. The van der Waals surface area contributed by atoms with E-state index in [-0.39, 0.29) is 10.6 Å². The molecular weight excluding hydrogens is 268 g/mol. The van der Waals surface area contributed by atoms with E-state index in [2.05, 4.69) is 11.8 Å². The Morgan fingerprint density at radius 3 is 2.67 bits per heavy atom. The van der Waals surface area contributed by atoms with Gasteiger partial charge in [0.25, 0.3) is 5.69 Å². The fraction of sp³-hybridized carbons (Fsp3) is 0.375. The van der Waals surface area contributed by atoms with Gasteiger partial charge in [-0.2, -0.15) is 0 Å². The zero-order valence-electron chi connectivity index (χ0n) is 12.0. The van der Waals surface area contributed by atoms with Crippen LogP contribution in [0.2, 0.25) is 0 Å². The maximum absolute atomic E-state index is 11.4. The molecule has 0 unspecified atom stereocenters. The molecule has 110 valence electrons. The molecule has 5 heteroatoms. The molecule has 0 amide bonds. The number of nitrogens with zero attached hydrogens (tertiary/aromatic N) is 2. The van der Waals surface area contributed by atoms with Gasteiger partial charge in [-0.3, -0.25) is 10.1 Å². The normalized spacial score (nSPS) is 16.1. The first-order valence-corrected chi connectivity index (χ1v) is 7.22. The second-order valence-electron chi connectivity index (χ2n) is 5.61. The molecular formula is C16H18N2O3. The van der Waals surface area contributed by atoms with Gasteiger partial charge in [0, 0.05) is 24.7 Å². The van der Waals surface area contributed by atoms with Gasteiger partial charge < -0.3 is 9.32 Å². The van der Waals surface area contributed by atoms with Crippen LogP contribution in [-0.2, 0) is 0 Å². The predicted molar refractivity (Wildman–Crippen MR) is 81.4 cm³/mol. The Labute approximate surface area is 123 Å². The van der Waals surface area contributed by atoms with Crippen LogP contribution >= 0.6 is 0 Å². The Morgan fingerprint density at radius 2 is 2.05 bits per heavy atom. The van der Waals surface area contributed by atoms with Crippen LogP contribution in [0.1, 0.15) is 19.8 Å². The lowest BCUT2D eigenvalue weighted by Gasteiger charge is -2.31. The Balaban J connectivity index is 1.95. The van der Waals surface area contributed by atoms with Crippen LogP contribution in [-0.4, -0.2) is 18.0 Å². The average molecular weight is 286 g/mol. The van der Waals surface area contributed by atoms with Crippen LogP contribution in [0.4, 0.5) is 11.4 Å². The molecule has 2 aromatic rings. The standard InChI is InChI=1S/C16H18N2O3/c1-12-6-8-17(9-7-12)14-5-4-13(11-15(14)18(19)20)16-3-2-10-21-16/h2-5,10-12H,6-9H2,1H3. The lowest BCUT2D eigenvalue weighted by atomic mass is 9.98. The summed E-state index contributed by atoms with van der Waals surface area (Å²) in [4.78, 5) is 13.2. The number of hydrogen-bond donors (Lipinski definition) is 0. The Kier molecular flexibility index (Phi) is 3.64. The summed E-state index contributed by atoms with van der Waals surface area (Å²) >= 11 is 0. The van der Waals surface area contributed by atoms with Crippen molar-refractivity contribution in [1.29, 1.82) is 0 Å². The van der Waals surface area contributed by atoms with Gasteiger partial charge in [-0.1, -0.05) is 6.92 Å². The van der Waals surface area contributed by atoms with Crippen molar-refractivity contribution in [3.8, 4) is 11.3 Å². The molecule has 0 saturated carbocycles. The van der Waals surface area contributed by atoms with Crippen LogP contribution in [0.15, 0.2) is 41.0 Å². The number of nitro benzene ring substituents is 1. The molecule has 2 heterocycles. The monoisotopic (exact) mass is 286 g/mol. The van der Waals surface area contributed by atoms with Crippen LogP contribution < -0.4 is 4.90 Å². The largest absolute Gasteiger partial charge is 0.464 e. The van der Waals surface area contributed by atoms with Crippen LogP contribution in [0.5, 0.6) is 0 Å². The van der Waals surface area contributed by atoms with Crippen LogP contribution in [0.3, 0.4) is 0 Å². The van der Waals surface area contributed by atoms with Gasteiger partial charge in [-0.15, -0.1) is 0 Å². The third-order valence-corrected chi connectivity index (χ3v) is 4.10. The summed E-state index contributed by atoms with van der Waals surface area (Å²) in [5.74, 6) is 1.35. The number of rotatable bonds is 3. The molecule has 1 saturated heterocycles. The molecule has 0 N–H and O–H groups in total. The second-order valence-corrected chi connectivity index (χ2v) is 5.61. The topological polar surface area (TPSA) is 59.5 Å². The fourth-order valence-corrected chi connectivity index (χ4v) is 2.78. The van der Waals surface area contributed by atoms with E-state index in [4.69, 9.17) is 4.42 Å². The van der Waals surface area contributed by atoms with Crippen molar-refractivity contribution in [1.82, 2.24) is 0 Å². The van der Waals surface area contributed by atoms with Gasteiger partial charge in [-0.25, -0.2) is 0 Å². The van der Waals surface area contributed by atoms with Crippen LogP contribution in [0.25, 0.3) is 11.3 Å². The first-order chi connectivity index (χ1) is 10.1. The summed E-state index contributed by atoms with van der Waals surface area (Å²) in [6, 6.07) is 8.92.